The number of benzene rings is 2. The topological polar surface area (TPSA) is 60.9 Å². The molecule has 0 spiro atoms. The van der Waals surface area contributed by atoms with Crippen LogP contribution in [0.25, 0.3) is 10.2 Å². The SMILES string of the molecule is COc1cccc2sc(N3CC(OC(=O)COc4ccccc4)C3)nc12. The predicted molar refractivity (Wildman–Crippen MR) is 100 cm³/mol. The van der Waals surface area contributed by atoms with E-state index in [2.05, 4.69) is 9.88 Å². The van der Waals surface area contributed by atoms with Crippen LogP contribution >= 0.6 is 11.3 Å². The average molecular weight is 370 g/mol. The highest BCUT2D eigenvalue weighted by atomic mass is 32.1. The fourth-order valence-electron chi connectivity index (χ4n) is 2.76. The third-order valence-corrected chi connectivity index (χ3v) is 5.19. The molecule has 2 heterocycles. The summed E-state index contributed by atoms with van der Waals surface area (Å²) in [6, 6.07) is 15.1. The van der Waals surface area contributed by atoms with Gasteiger partial charge in [0.15, 0.2) is 11.7 Å². The molecule has 0 unspecified atom stereocenters. The minimum Gasteiger partial charge on any atom is -0.494 e. The van der Waals surface area contributed by atoms with Gasteiger partial charge in [0.2, 0.25) is 0 Å². The number of anilines is 1. The van der Waals surface area contributed by atoms with Crippen LogP contribution in [0.5, 0.6) is 11.5 Å². The summed E-state index contributed by atoms with van der Waals surface area (Å²) in [5.74, 6) is 1.07. The Labute approximate surface area is 154 Å². The summed E-state index contributed by atoms with van der Waals surface area (Å²) in [5.41, 5.74) is 0.867. The quantitative estimate of drug-likeness (QED) is 0.622. The second kappa shape index (κ2) is 7.21. The van der Waals surface area contributed by atoms with Crippen molar-refractivity contribution >= 4 is 32.7 Å². The lowest BCUT2D eigenvalue weighted by molar-refractivity contribution is -0.152. The van der Waals surface area contributed by atoms with Crippen molar-refractivity contribution in [1.82, 2.24) is 4.98 Å². The largest absolute Gasteiger partial charge is 0.494 e. The van der Waals surface area contributed by atoms with Gasteiger partial charge >= 0.3 is 5.97 Å². The predicted octanol–water partition coefficient (Wildman–Crippen LogP) is 3.12. The van der Waals surface area contributed by atoms with Crippen molar-refractivity contribution in [3.05, 3.63) is 48.5 Å². The molecule has 6 nitrogen and oxygen atoms in total. The van der Waals surface area contributed by atoms with Gasteiger partial charge in [-0.15, -0.1) is 0 Å². The summed E-state index contributed by atoms with van der Waals surface area (Å²) >= 11 is 1.61. The van der Waals surface area contributed by atoms with E-state index in [9.17, 15) is 4.79 Å². The Morgan fingerprint density at radius 1 is 1.19 bits per heavy atom. The van der Waals surface area contributed by atoms with E-state index in [-0.39, 0.29) is 18.7 Å². The van der Waals surface area contributed by atoms with E-state index >= 15 is 0 Å². The fourth-order valence-corrected chi connectivity index (χ4v) is 3.76. The number of aromatic nitrogens is 1. The molecule has 3 aromatic rings. The van der Waals surface area contributed by atoms with E-state index in [1.165, 1.54) is 0 Å². The van der Waals surface area contributed by atoms with Gasteiger partial charge < -0.3 is 19.1 Å². The molecule has 7 heteroatoms. The molecule has 0 saturated carbocycles. The fraction of sp³-hybridized carbons (Fsp3) is 0.263. The van der Waals surface area contributed by atoms with Gasteiger partial charge in [-0.1, -0.05) is 35.6 Å². The van der Waals surface area contributed by atoms with Crippen molar-refractivity contribution < 1.29 is 19.0 Å². The lowest BCUT2D eigenvalue weighted by atomic mass is 10.2. The van der Waals surface area contributed by atoms with Crippen LogP contribution in [-0.4, -0.2) is 43.9 Å². The van der Waals surface area contributed by atoms with Gasteiger partial charge in [-0.2, -0.15) is 0 Å². The number of rotatable bonds is 6. The van der Waals surface area contributed by atoms with Crippen molar-refractivity contribution in [3.63, 3.8) is 0 Å². The number of thiazole rings is 1. The van der Waals surface area contributed by atoms with Crippen molar-refractivity contribution in [3.8, 4) is 11.5 Å². The lowest BCUT2D eigenvalue weighted by Crippen LogP contribution is -2.53. The maximum Gasteiger partial charge on any atom is 0.344 e. The molecule has 1 saturated heterocycles. The highest BCUT2D eigenvalue weighted by Gasteiger charge is 2.32. The Balaban J connectivity index is 1.29. The first-order chi connectivity index (χ1) is 12.7. The zero-order valence-electron chi connectivity index (χ0n) is 14.3. The monoisotopic (exact) mass is 370 g/mol. The van der Waals surface area contributed by atoms with Gasteiger partial charge in [0.05, 0.1) is 24.9 Å². The molecule has 1 aromatic heterocycles. The van der Waals surface area contributed by atoms with E-state index in [0.29, 0.717) is 18.8 Å². The first-order valence-electron chi connectivity index (χ1n) is 8.29. The third-order valence-electron chi connectivity index (χ3n) is 4.11. The summed E-state index contributed by atoms with van der Waals surface area (Å²) in [5, 5.41) is 0.914. The first kappa shape index (κ1) is 16.7. The Morgan fingerprint density at radius 3 is 2.77 bits per heavy atom. The molecule has 1 aliphatic rings. The highest BCUT2D eigenvalue weighted by molar-refractivity contribution is 7.22. The van der Waals surface area contributed by atoms with Gasteiger partial charge in [-0.3, -0.25) is 0 Å². The molecule has 0 bridgehead atoms. The van der Waals surface area contributed by atoms with Gasteiger partial charge in [-0.05, 0) is 24.3 Å². The van der Waals surface area contributed by atoms with E-state index in [1.54, 1.807) is 30.6 Å². The van der Waals surface area contributed by atoms with Crippen LogP contribution in [0.3, 0.4) is 0 Å². The van der Waals surface area contributed by atoms with E-state index in [0.717, 1.165) is 21.1 Å². The van der Waals surface area contributed by atoms with E-state index < -0.39 is 0 Å². The summed E-state index contributed by atoms with van der Waals surface area (Å²) in [4.78, 5) is 18.6. The number of carbonyl (C=O) groups is 1. The number of fused-ring (bicyclic) bond motifs is 1. The number of ether oxygens (including phenoxy) is 3. The molecule has 0 radical (unpaired) electrons. The zero-order valence-corrected chi connectivity index (χ0v) is 15.1. The molecule has 4 rings (SSSR count). The molecule has 1 aliphatic heterocycles. The minimum absolute atomic E-state index is 0.0845. The van der Waals surface area contributed by atoms with Crippen molar-refractivity contribution in [1.29, 1.82) is 0 Å². The van der Waals surface area contributed by atoms with Gasteiger partial charge in [-0.25, -0.2) is 9.78 Å². The zero-order chi connectivity index (χ0) is 17.9. The molecule has 0 atom stereocenters. The number of hydrogen-bond donors (Lipinski definition) is 0. The van der Waals surface area contributed by atoms with Crippen LogP contribution in [0.2, 0.25) is 0 Å². The van der Waals surface area contributed by atoms with Crippen LogP contribution < -0.4 is 14.4 Å². The number of carbonyl (C=O) groups excluding carboxylic acids is 1. The normalized spacial score (nSPS) is 14.1. The smallest absolute Gasteiger partial charge is 0.344 e. The summed E-state index contributed by atoms with van der Waals surface area (Å²) in [6.07, 6.45) is -0.129. The average Bonchev–Trinajstić information content (AvgIpc) is 3.07. The molecular weight excluding hydrogens is 352 g/mol. The number of nitrogens with zero attached hydrogens (tertiary/aromatic N) is 2. The molecule has 0 amide bonds. The minimum atomic E-state index is -0.357. The first-order valence-corrected chi connectivity index (χ1v) is 9.10. The number of para-hydroxylation sites is 2. The van der Waals surface area contributed by atoms with Crippen molar-refractivity contribution in [2.75, 3.05) is 31.7 Å². The van der Waals surface area contributed by atoms with Gasteiger partial charge in [0.1, 0.15) is 23.1 Å². The van der Waals surface area contributed by atoms with Crippen LogP contribution in [0, 0.1) is 0 Å². The maximum atomic E-state index is 11.9. The summed E-state index contributed by atoms with van der Waals surface area (Å²) in [7, 11) is 1.64. The standard InChI is InChI=1S/C19H18N2O4S/c1-23-15-8-5-9-16-18(15)20-19(26-16)21-10-14(11-21)25-17(22)12-24-13-6-3-2-4-7-13/h2-9,14H,10-12H2,1H3. The van der Waals surface area contributed by atoms with Crippen LogP contribution in [0.1, 0.15) is 0 Å². The van der Waals surface area contributed by atoms with Gasteiger partial charge in [0, 0.05) is 0 Å². The second-order valence-electron chi connectivity index (χ2n) is 5.92. The molecule has 2 aromatic carbocycles. The highest BCUT2D eigenvalue weighted by Crippen LogP contribution is 2.35. The lowest BCUT2D eigenvalue weighted by Gasteiger charge is -2.38. The van der Waals surface area contributed by atoms with Crippen LogP contribution in [-0.2, 0) is 9.53 Å². The maximum absolute atomic E-state index is 11.9. The molecule has 0 aliphatic carbocycles. The molecule has 1 fully saturated rings. The Kier molecular flexibility index (Phi) is 4.62. The van der Waals surface area contributed by atoms with E-state index in [4.69, 9.17) is 14.2 Å². The van der Waals surface area contributed by atoms with E-state index in [1.807, 2.05) is 36.4 Å². The van der Waals surface area contributed by atoms with Gasteiger partial charge in [0.25, 0.3) is 0 Å². The molecular formula is C19H18N2O4S. The summed E-state index contributed by atoms with van der Waals surface area (Å²) < 4.78 is 17.3. The third kappa shape index (κ3) is 3.43. The Morgan fingerprint density at radius 2 is 2.00 bits per heavy atom. The summed E-state index contributed by atoms with van der Waals surface area (Å²) in [6.45, 7) is 1.19. The molecule has 0 N–H and O–H groups in total. The molecule has 134 valence electrons. The number of methoxy groups -OCH3 is 1. The number of hydrogen-bond acceptors (Lipinski definition) is 7. The van der Waals surface area contributed by atoms with Crippen molar-refractivity contribution in [2.45, 2.75) is 6.10 Å². The molecule has 26 heavy (non-hydrogen) atoms. The second-order valence-corrected chi connectivity index (χ2v) is 6.93. The van der Waals surface area contributed by atoms with Crippen LogP contribution in [0.4, 0.5) is 5.13 Å². The van der Waals surface area contributed by atoms with Crippen molar-refractivity contribution in [2.24, 2.45) is 0 Å². The van der Waals surface area contributed by atoms with Crippen LogP contribution in [0.15, 0.2) is 48.5 Å². The number of esters is 1. The Bertz CT molecular complexity index is 906. The Hall–Kier alpha value is -2.80.